The van der Waals surface area contributed by atoms with E-state index >= 15 is 0 Å². The third-order valence-electron chi connectivity index (χ3n) is 3.20. The lowest BCUT2D eigenvalue weighted by Gasteiger charge is -2.25. The topological polar surface area (TPSA) is 61.0 Å². The molecule has 0 aliphatic heterocycles. The van der Waals surface area contributed by atoms with Crippen LogP contribution < -0.4 is 10.9 Å². The van der Waals surface area contributed by atoms with Crippen molar-refractivity contribution in [2.75, 3.05) is 18.9 Å². The number of likely N-dealkylation sites (N-methyl/N-ethyl adjacent to an activating group) is 1. The molecule has 1 aliphatic rings. The molecule has 1 aromatic heterocycles. The zero-order valence-electron chi connectivity index (χ0n) is 10.0. The summed E-state index contributed by atoms with van der Waals surface area (Å²) in [6, 6.07) is 1.12. The molecule has 94 valence electrons. The molecule has 1 saturated carbocycles. The van der Waals surface area contributed by atoms with Gasteiger partial charge < -0.3 is 5.32 Å². The number of halogens is 1. The monoisotopic (exact) mass is 256 g/mol. The molecule has 6 heteroatoms. The van der Waals surface area contributed by atoms with Crippen molar-refractivity contribution in [2.24, 2.45) is 0 Å². The van der Waals surface area contributed by atoms with Gasteiger partial charge in [-0.1, -0.05) is 11.6 Å². The Morgan fingerprint density at radius 2 is 2.41 bits per heavy atom. The molecule has 1 atom stereocenters. The lowest BCUT2D eigenvalue weighted by molar-refractivity contribution is 0.257. The molecule has 2 rings (SSSR count). The summed E-state index contributed by atoms with van der Waals surface area (Å²) in [4.78, 5) is 13.6. The average Bonchev–Trinajstić information content (AvgIpc) is 3.13. The number of H-pyrrole nitrogens is 1. The Morgan fingerprint density at radius 1 is 1.71 bits per heavy atom. The van der Waals surface area contributed by atoms with Crippen molar-refractivity contribution in [1.82, 2.24) is 15.1 Å². The van der Waals surface area contributed by atoms with Gasteiger partial charge >= 0.3 is 0 Å². The second kappa shape index (κ2) is 5.06. The van der Waals surface area contributed by atoms with E-state index in [1.807, 2.05) is 0 Å². The SMILES string of the molecule is CC(CNc1cn[nH]c(=O)c1Cl)N(C)C1CC1. The number of rotatable bonds is 5. The summed E-state index contributed by atoms with van der Waals surface area (Å²) < 4.78 is 0. The predicted molar refractivity (Wildman–Crippen MR) is 68.6 cm³/mol. The maximum atomic E-state index is 11.2. The summed E-state index contributed by atoms with van der Waals surface area (Å²) >= 11 is 5.87. The average molecular weight is 257 g/mol. The van der Waals surface area contributed by atoms with E-state index in [1.165, 1.54) is 19.0 Å². The highest BCUT2D eigenvalue weighted by Gasteiger charge is 2.28. The Bertz CT molecular complexity index is 443. The van der Waals surface area contributed by atoms with Gasteiger partial charge in [-0.15, -0.1) is 0 Å². The number of nitrogens with one attached hydrogen (secondary N) is 2. The van der Waals surface area contributed by atoms with Gasteiger partial charge in [0.25, 0.3) is 5.56 Å². The third-order valence-corrected chi connectivity index (χ3v) is 3.58. The van der Waals surface area contributed by atoms with Crippen LogP contribution in [-0.2, 0) is 0 Å². The molecular formula is C11H17ClN4O. The quantitative estimate of drug-likeness (QED) is 0.834. The van der Waals surface area contributed by atoms with Gasteiger partial charge in [0.15, 0.2) is 0 Å². The van der Waals surface area contributed by atoms with Gasteiger partial charge in [0.2, 0.25) is 0 Å². The molecule has 0 bridgehead atoms. The fraction of sp³-hybridized carbons (Fsp3) is 0.636. The van der Waals surface area contributed by atoms with Crippen molar-refractivity contribution in [2.45, 2.75) is 31.8 Å². The second-order valence-electron chi connectivity index (χ2n) is 4.55. The number of aromatic amines is 1. The largest absolute Gasteiger partial charge is 0.381 e. The lowest BCUT2D eigenvalue weighted by atomic mass is 10.3. The molecule has 0 radical (unpaired) electrons. The van der Waals surface area contributed by atoms with E-state index in [1.54, 1.807) is 0 Å². The summed E-state index contributed by atoms with van der Waals surface area (Å²) in [6.07, 6.45) is 4.11. The van der Waals surface area contributed by atoms with Gasteiger partial charge in [0, 0.05) is 18.6 Å². The van der Waals surface area contributed by atoms with Gasteiger partial charge in [0.1, 0.15) is 5.02 Å². The van der Waals surface area contributed by atoms with Crippen molar-refractivity contribution in [1.29, 1.82) is 0 Å². The number of nitrogens with zero attached hydrogens (tertiary/aromatic N) is 2. The summed E-state index contributed by atoms with van der Waals surface area (Å²) in [5, 5.41) is 9.34. The molecule has 1 fully saturated rings. The Labute approximate surface area is 105 Å². The molecule has 0 aromatic carbocycles. The Morgan fingerprint density at radius 3 is 3.06 bits per heavy atom. The molecule has 17 heavy (non-hydrogen) atoms. The minimum Gasteiger partial charge on any atom is -0.381 e. The molecule has 2 N–H and O–H groups in total. The maximum absolute atomic E-state index is 11.2. The number of anilines is 1. The van der Waals surface area contributed by atoms with Gasteiger partial charge in [-0.25, -0.2) is 5.10 Å². The fourth-order valence-electron chi connectivity index (χ4n) is 1.75. The first-order valence-corrected chi connectivity index (χ1v) is 6.16. The molecule has 0 spiro atoms. The van der Waals surface area contributed by atoms with Crippen LogP contribution in [0.5, 0.6) is 0 Å². The number of hydrogen-bond donors (Lipinski definition) is 2. The molecule has 0 saturated heterocycles. The van der Waals surface area contributed by atoms with E-state index < -0.39 is 0 Å². The predicted octanol–water partition coefficient (Wildman–Crippen LogP) is 1.32. The van der Waals surface area contributed by atoms with E-state index in [2.05, 4.69) is 34.4 Å². The second-order valence-corrected chi connectivity index (χ2v) is 4.93. The van der Waals surface area contributed by atoms with E-state index in [9.17, 15) is 4.79 Å². The summed E-state index contributed by atoms with van der Waals surface area (Å²) in [6.45, 7) is 2.90. The molecule has 0 amide bonds. The first kappa shape index (κ1) is 12.4. The van der Waals surface area contributed by atoms with Crippen LogP contribution in [0.2, 0.25) is 5.02 Å². The van der Waals surface area contributed by atoms with Crippen LogP contribution in [0.4, 0.5) is 5.69 Å². The molecule has 1 aromatic rings. The fourth-order valence-corrected chi connectivity index (χ4v) is 1.91. The summed E-state index contributed by atoms with van der Waals surface area (Å²) in [7, 11) is 2.13. The van der Waals surface area contributed by atoms with Gasteiger partial charge in [-0.3, -0.25) is 9.69 Å². The zero-order valence-corrected chi connectivity index (χ0v) is 10.8. The standard InChI is InChI=1S/C11H17ClN4O/c1-7(16(2)8-3-4-8)5-13-9-6-14-15-11(17)10(9)12/h6-8H,3-5H2,1-2H3,(H2,13,15,17). The minimum absolute atomic E-state index is 0.168. The van der Waals surface area contributed by atoms with Crippen LogP contribution >= 0.6 is 11.6 Å². The highest BCUT2D eigenvalue weighted by molar-refractivity contribution is 6.32. The Hall–Kier alpha value is -1.07. The minimum atomic E-state index is -0.361. The molecule has 1 aliphatic carbocycles. The number of aromatic nitrogens is 2. The molecule has 1 heterocycles. The van der Waals surface area contributed by atoms with Crippen molar-refractivity contribution in [3.8, 4) is 0 Å². The summed E-state index contributed by atoms with van der Waals surface area (Å²) in [5.41, 5.74) is 0.228. The maximum Gasteiger partial charge on any atom is 0.285 e. The molecule has 1 unspecified atom stereocenters. The van der Waals surface area contributed by atoms with Gasteiger partial charge in [-0.05, 0) is 26.8 Å². The molecular weight excluding hydrogens is 240 g/mol. The van der Waals surface area contributed by atoms with Gasteiger partial charge in [-0.2, -0.15) is 5.10 Å². The van der Waals surface area contributed by atoms with E-state index in [-0.39, 0.29) is 10.6 Å². The number of hydrogen-bond acceptors (Lipinski definition) is 4. The first-order chi connectivity index (χ1) is 8.09. The van der Waals surface area contributed by atoms with Crippen LogP contribution in [-0.4, -0.2) is 40.8 Å². The van der Waals surface area contributed by atoms with Crippen LogP contribution in [0.1, 0.15) is 19.8 Å². The zero-order chi connectivity index (χ0) is 12.4. The Balaban J connectivity index is 1.92. The van der Waals surface area contributed by atoms with E-state index in [4.69, 9.17) is 11.6 Å². The van der Waals surface area contributed by atoms with Crippen LogP contribution in [0, 0.1) is 0 Å². The Kier molecular flexibility index (Phi) is 3.69. The van der Waals surface area contributed by atoms with Crippen molar-refractivity contribution in [3.05, 3.63) is 21.6 Å². The van der Waals surface area contributed by atoms with Crippen molar-refractivity contribution in [3.63, 3.8) is 0 Å². The van der Waals surface area contributed by atoms with Crippen LogP contribution in [0.3, 0.4) is 0 Å². The van der Waals surface area contributed by atoms with Crippen molar-refractivity contribution >= 4 is 17.3 Å². The van der Waals surface area contributed by atoms with Gasteiger partial charge in [0.05, 0.1) is 11.9 Å². The highest BCUT2D eigenvalue weighted by atomic mass is 35.5. The summed E-state index contributed by atoms with van der Waals surface area (Å²) in [5.74, 6) is 0. The first-order valence-electron chi connectivity index (χ1n) is 5.78. The van der Waals surface area contributed by atoms with Crippen molar-refractivity contribution < 1.29 is 0 Å². The highest BCUT2D eigenvalue weighted by Crippen LogP contribution is 2.27. The van der Waals surface area contributed by atoms with E-state index in [0.717, 1.165) is 12.6 Å². The normalized spacial score (nSPS) is 17.2. The lowest BCUT2D eigenvalue weighted by Crippen LogP contribution is -2.36. The van der Waals surface area contributed by atoms with Crippen LogP contribution in [0.15, 0.2) is 11.0 Å². The van der Waals surface area contributed by atoms with Crippen LogP contribution in [0.25, 0.3) is 0 Å². The third kappa shape index (κ3) is 2.98. The van der Waals surface area contributed by atoms with E-state index in [0.29, 0.717) is 11.7 Å². The molecule has 5 nitrogen and oxygen atoms in total. The smallest absolute Gasteiger partial charge is 0.285 e.